The third-order valence-corrected chi connectivity index (χ3v) is 4.62. The van der Waals surface area contributed by atoms with Gasteiger partial charge in [0.15, 0.2) is 0 Å². The second kappa shape index (κ2) is 7.36. The smallest absolute Gasteiger partial charge is 0.384 e. The van der Waals surface area contributed by atoms with E-state index in [4.69, 9.17) is 0 Å². The molecule has 0 aliphatic heterocycles. The first-order valence-electron chi connectivity index (χ1n) is 6.95. The summed E-state index contributed by atoms with van der Waals surface area (Å²) in [5, 5.41) is 2.56. The van der Waals surface area contributed by atoms with Gasteiger partial charge in [0.1, 0.15) is 11.6 Å². The predicted octanol–water partition coefficient (Wildman–Crippen LogP) is 3.37. The molecule has 2 aromatic carbocycles. The van der Waals surface area contributed by atoms with Crippen molar-refractivity contribution in [3.05, 3.63) is 59.7 Å². The van der Waals surface area contributed by atoms with Gasteiger partial charge >= 0.3 is 6.18 Å². The fourth-order valence-electron chi connectivity index (χ4n) is 1.94. The lowest BCUT2D eigenvalue weighted by molar-refractivity contribution is -0.139. The summed E-state index contributed by atoms with van der Waals surface area (Å²) in [4.78, 5) is -0.143. The van der Waals surface area contributed by atoms with Crippen molar-refractivity contribution in [2.75, 3.05) is 18.4 Å². The van der Waals surface area contributed by atoms with E-state index in [1.807, 2.05) is 0 Å². The summed E-state index contributed by atoms with van der Waals surface area (Å²) < 4.78 is 89.8. The Hall–Kier alpha value is -2.20. The van der Waals surface area contributed by atoms with Gasteiger partial charge in [-0.3, -0.25) is 0 Å². The van der Waals surface area contributed by atoms with Crippen LogP contribution in [0.4, 0.5) is 27.6 Å². The molecule has 0 fully saturated rings. The fraction of sp³-hybridized carbons (Fsp3) is 0.200. The lowest BCUT2D eigenvalue weighted by Crippen LogP contribution is -2.29. The zero-order chi connectivity index (χ0) is 18.7. The van der Waals surface area contributed by atoms with Crippen LogP contribution in [0.1, 0.15) is 5.56 Å². The molecule has 0 spiro atoms. The third kappa shape index (κ3) is 5.13. The molecular formula is C15H13F5N2O2S. The molecule has 4 nitrogen and oxygen atoms in total. The third-order valence-electron chi connectivity index (χ3n) is 3.14. The SMILES string of the molecule is O=S(=O)(NCCNc1ccc(F)c(C(F)(F)F)c1)c1ccc(F)cc1. The number of nitrogens with one attached hydrogen (secondary N) is 2. The van der Waals surface area contributed by atoms with Crippen LogP contribution in [0.15, 0.2) is 47.4 Å². The van der Waals surface area contributed by atoms with Gasteiger partial charge in [0.25, 0.3) is 0 Å². The highest BCUT2D eigenvalue weighted by Crippen LogP contribution is 2.32. The van der Waals surface area contributed by atoms with E-state index in [2.05, 4.69) is 10.0 Å². The van der Waals surface area contributed by atoms with E-state index in [9.17, 15) is 30.4 Å². The molecule has 0 bridgehead atoms. The highest BCUT2D eigenvalue weighted by Gasteiger charge is 2.34. The molecule has 0 radical (unpaired) electrons. The van der Waals surface area contributed by atoms with Gasteiger partial charge in [0, 0.05) is 18.8 Å². The van der Waals surface area contributed by atoms with Crippen LogP contribution in [0.2, 0.25) is 0 Å². The number of hydrogen-bond acceptors (Lipinski definition) is 3. The summed E-state index contributed by atoms with van der Waals surface area (Å²) in [7, 11) is -3.87. The molecule has 0 aromatic heterocycles. The first-order valence-corrected chi connectivity index (χ1v) is 8.44. The standard InChI is InChI=1S/C15H13F5N2O2S/c16-10-1-4-12(5-2-10)25(23,24)22-8-7-21-11-3-6-14(17)13(9-11)15(18,19)20/h1-6,9,21-22H,7-8H2. The van der Waals surface area contributed by atoms with Crippen molar-refractivity contribution in [1.82, 2.24) is 4.72 Å². The molecule has 0 saturated heterocycles. The van der Waals surface area contributed by atoms with E-state index in [0.29, 0.717) is 12.1 Å². The minimum atomic E-state index is -4.83. The first-order chi connectivity index (χ1) is 11.6. The molecule has 136 valence electrons. The van der Waals surface area contributed by atoms with E-state index >= 15 is 0 Å². The molecular weight excluding hydrogens is 367 g/mol. The minimum absolute atomic E-state index is 0.00490. The van der Waals surface area contributed by atoms with E-state index in [1.54, 1.807) is 0 Å². The van der Waals surface area contributed by atoms with Crippen molar-refractivity contribution in [3.63, 3.8) is 0 Å². The number of anilines is 1. The lowest BCUT2D eigenvalue weighted by Gasteiger charge is -2.12. The van der Waals surface area contributed by atoms with Crippen molar-refractivity contribution < 1.29 is 30.4 Å². The van der Waals surface area contributed by atoms with Gasteiger partial charge in [0.2, 0.25) is 10.0 Å². The largest absolute Gasteiger partial charge is 0.419 e. The van der Waals surface area contributed by atoms with Crippen LogP contribution in [0.3, 0.4) is 0 Å². The summed E-state index contributed by atoms with van der Waals surface area (Å²) >= 11 is 0. The lowest BCUT2D eigenvalue weighted by atomic mass is 10.2. The molecule has 0 aliphatic rings. The van der Waals surface area contributed by atoms with Crippen LogP contribution in [-0.2, 0) is 16.2 Å². The molecule has 0 aliphatic carbocycles. The minimum Gasteiger partial charge on any atom is -0.384 e. The van der Waals surface area contributed by atoms with Crippen LogP contribution < -0.4 is 10.0 Å². The van der Waals surface area contributed by atoms with Gasteiger partial charge < -0.3 is 5.32 Å². The maximum absolute atomic E-state index is 13.2. The molecule has 0 unspecified atom stereocenters. The normalized spacial score (nSPS) is 12.2. The Kier molecular flexibility index (Phi) is 5.63. The van der Waals surface area contributed by atoms with Crippen molar-refractivity contribution in [2.24, 2.45) is 0 Å². The Morgan fingerprint density at radius 1 is 0.920 bits per heavy atom. The van der Waals surface area contributed by atoms with Gasteiger partial charge in [-0.1, -0.05) is 0 Å². The van der Waals surface area contributed by atoms with E-state index in [0.717, 1.165) is 30.3 Å². The molecule has 10 heteroatoms. The van der Waals surface area contributed by atoms with Crippen LogP contribution in [0, 0.1) is 11.6 Å². The quantitative estimate of drug-likeness (QED) is 0.597. The van der Waals surface area contributed by atoms with E-state index < -0.39 is 33.4 Å². The van der Waals surface area contributed by atoms with Gasteiger partial charge in [-0.05, 0) is 42.5 Å². The molecule has 0 heterocycles. The van der Waals surface area contributed by atoms with Gasteiger partial charge in [-0.15, -0.1) is 0 Å². The number of sulfonamides is 1. The number of rotatable bonds is 6. The van der Waals surface area contributed by atoms with Gasteiger partial charge in [-0.2, -0.15) is 13.2 Å². The van der Waals surface area contributed by atoms with Gasteiger partial charge in [0.05, 0.1) is 10.5 Å². The molecule has 2 aromatic rings. The van der Waals surface area contributed by atoms with E-state index in [1.165, 1.54) is 0 Å². The first kappa shape index (κ1) is 19.1. The fourth-order valence-corrected chi connectivity index (χ4v) is 2.97. The Labute approximate surface area is 140 Å². The van der Waals surface area contributed by atoms with Crippen molar-refractivity contribution in [3.8, 4) is 0 Å². The number of benzene rings is 2. The summed E-state index contributed by atoms with van der Waals surface area (Å²) in [6, 6.07) is 6.53. The Bertz CT molecular complexity index is 836. The number of alkyl halides is 3. The maximum Gasteiger partial charge on any atom is 0.419 e. The van der Waals surface area contributed by atoms with Crippen LogP contribution >= 0.6 is 0 Å². The molecule has 2 N–H and O–H groups in total. The molecule has 25 heavy (non-hydrogen) atoms. The Morgan fingerprint density at radius 2 is 1.56 bits per heavy atom. The highest BCUT2D eigenvalue weighted by molar-refractivity contribution is 7.89. The average Bonchev–Trinajstić information content (AvgIpc) is 2.52. The van der Waals surface area contributed by atoms with Crippen molar-refractivity contribution in [2.45, 2.75) is 11.1 Å². The zero-order valence-corrected chi connectivity index (χ0v) is 13.4. The second-order valence-electron chi connectivity index (χ2n) is 4.97. The second-order valence-corrected chi connectivity index (χ2v) is 6.74. The predicted molar refractivity (Wildman–Crippen MR) is 81.5 cm³/mol. The number of hydrogen-bond donors (Lipinski definition) is 2. The maximum atomic E-state index is 13.2. The summed E-state index contributed by atoms with van der Waals surface area (Å²) in [6.07, 6.45) is -4.83. The molecule has 0 saturated carbocycles. The van der Waals surface area contributed by atoms with Crippen molar-refractivity contribution in [1.29, 1.82) is 0 Å². The van der Waals surface area contributed by atoms with Crippen LogP contribution in [-0.4, -0.2) is 21.5 Å². The average molecular weight is 380 g/mol. The molecule has 0 amide bonds. The number of halogens is 5. The van der Waals surface area contributed by atoms with Crippen molar-refractivity contribution >= 4 is 15.7 Å². The highest BCUT2D eigenvalue weighted by atomic mass is 32.2. The molecule has 2 rings (SSSR count). The molecule has 0 atom stereocenters. The Balaban J connectivity index is 1.94. The Morgan fingerprint density at radius 3 is 2.16 bits per heavy atom. The topological polar surface area (TPSA) is 58.2 Å². The van der Waals surface area contributed by atoms with Crippen LogP contribution in [0.5, 0.6) is 0 Å². The monoisotopic (exact) mass is 380 g/mol. The summed E-state index contributed by atoms with van der Waals surface area (Å²) in [6.45, 7) is -0.179. The van der Waals surface area contributed by atoms with Gasteiger partial charge in [-0.25, -0.2) is 21.9 Å². The summed E-state index contributed by atoms with van der Waals surface area (Å²) in [5.41, 5.74) is -1.42. The van der Waals surface area contributed by atoms with E-state index in [-0.39, 0.29) is 23.7 Å². The van der Waals surface area contributed by atoms with Crippen LogP contribution in [0.25, 0.3) is 0 Å². The zero-order valence-electron chi connectivity index (χ0n) is 12.6. The summed E-state index contributed by atoms with van der Waals surface area (Å²) in [5.74, 6) is -1.98.